The number of methoxy groups -OCH3 is 1. The van der Waals surface area contributed by atoms with Crippen molar-refractivity contribution in [2.75, 3.05) is 7.11 Å². The summed E-state index contributed by atoms with van der Waals surface area (Å²) < 4.78 is 46.2. The molecule has 0 radical (unpaired) electrons. The molecule has 0 aliphatic rings. The first-order chi connectivity index (χ1) is 12.9. The monoisotopic (exact) mass is 439 g/mol. The fourth-order valence-electron chi connectivity index (χ4n) is 2.31. The Morgan fingerprint density at radius 2 is 1.93 bits per heavy atom. The molecule has 0 bridgehead atoms. The van der Waals surface area contributed by atoms with Crippen LogP contribution in [-0.4, -0.2) is 33.5 Å². The number of aromatic nitrogens is 4. The highest BCUT2D eigenvalue weighted by atomic mass is 79.9. The molecule has 0 saturated heterocycles. The summed E-state index contributed by atoms with van der Waals surface area (Å²) in [6.07, 6.45) is -2.79. The number of hydrogen-bond donors (Lipinski definition) is 0. The van der Waals surface area contributed by atoms with E-state index in [0.29, 0.717) is 5.82 Å². The molecule has 2 aromatic carbocycles. The second-order valence-electron chi connectivity index (χ2n) is 5.38. The summed E-state index contributed by atoms with van der Waals surface area (Å²) in [7, 11) is 1.37. The molecule has 0 unspecified atom stereocenters. The molecule has 1 aromatic heterocycles. The molecule has 27 heavy (non-hydrogen) atoms. The van der Waals surface area contributed by atoms with Crippen LogP contribution in [0.4, 0.5) is 18.9 Å². The summed E-state index contributed by atoms with van der Waals surface area (Å²) in [4.78, 5) is 4.11. The van der Waals surface area contributed by atoms with E-state index >= 15 is 0 Å². The third-order valence-electron chi connectivity index (χ3n) is 3.62. The van der Waals surface area contributed by atoms with E-state index in [1.165, 1.54) is 24.1 Å². The second-order valence-corrected chi connectivity index (χ2v) is 6.30. The molecule has 0 spiro atoms. The minimum atomic E-state index is -4.46. The number of benzene rings is 2. The van der Waals surface area contributed by atoms with Crippen molar-refractivity contribution in [3.63, 3.8) is 0 Å². The minimum Gasteiger partial charge on any atom is -0.494 e. The van der Waals surface area contributed by atoms with Crippen LogP contribution in [0.1, 0.15) is 11.4 Å². The lowest BCUT2D eigenvalue weighted by molar-refractivity contribution is -0.137. The maximum absolute atomic E-state index is 12.9. The number of aliphatic imine (C=N–C) groups is 1. The highest BCUT2D eigenvalue weighted by Crippen LogP contribution is 2.36. The van der Waals surface area contributed by atoms with Gasteiger partial charge in [-0.05, 0) is 52.9 Å². The van der Waals surface area contributed by atoms with Crippen LogP contribution in [0.3, 0.4) is 0 Å². The zero-order chi connectivity index (χ0) is 19.4. The molecule has 0 amide bonds. The third-order valence-corrected chi connectivity index (χ3v) is 4.14. The molecular weight excluding hydrogens is 427 g/mol. The lowest BCUT2D eigenvalue weighted by atomic mass is 10.2. The average Bonchev–Trinajstić information content (AvgIpc) is 3.10. The van der Waals surface area contributed by atoms with Crippen LogP contribution in [0, 0.1) is 0 Å². The van der Waals surface area contributed by atoms with Crippen LogP contribution in [0.2, 0.25) is 0 Å². The number of ether oxygens (including phenoxy) is 1. The van der Waals surface area contributed by atoms with Crippen molar-refractivity contribution in [3.8, 4) is 11.4 Å². The molecule has 10 heteroatoms. The van der Waals surface area contributed by atoms with Crippen molar-refractivity contribution in [2.45, 2.75) is 12.6 Å². The number of rotatable bonds is 5. The Morgan fingerprint density at radius 1 is 1.19 bits per heavy atom. The van der Waals surface area contributed by atoms with Crippen molar-refractivity contribution in [1.82, 2.24) is 20.2 Å². The van der Waals surface area contributed by atoms with Crippen molar-refractivity contribution in [3.05, 3.63) is 58.3 Å². The van der Waals surface area contributed by atoms with Gasteiger partial charge in [-0.1, -0.05) is 15.9 Å². The van der Waals surface area contributed by atoms with Gasteiger partial charge in [0.1, 0.15) is 11.4 Å². The van der Waals surface area contributed by atoms with Gasteiger partial charge in [0, 0.05) is 17.1 Å². The van der Waals surface area contributed by atoms with E-state index in [9.17, 15) is 13.2 Å². The summed E-state index contributed by atoms with van der Waals surface area (Å²) in [5.74, 6) is 0.735. The van der Waals surface area contributed by atoms with Gasteiger partial charge in [0.05, 0.1) is 18.4 Å². The largest absolute Gasteiger partial charge is 0.494 e. The molecular formula is C17H13BrF3N5O. The first-order valence-corrected chi connectivity index (χ1v) is 8.49. The predicted octanol–water partition coefficient (Wildman–Crippen LogP) is 4.40. The van der Waals surface area contributed by atoms with Gasteiger partial charge >= 0.3 is 6.18 Å². The van der Waals surface area contributed by atoms with Gasteiger partial charge in [0.15, 0.2) is 5.82 Å². The van der Waals surface area contributed by atoms with Crippen LogP contribution in [0.5, 0.6) is 5.75 Å². The van der Waals surface area contributed by atoms with Crippen molar-refractivity contribution >= 4 is 27.8 Å². The third kappa shape index (κ3) is 4.51. The minimum absolute atomic E-state index is 0.0787. The van der Waals surface area contributed by atoms with E-state index in [0.717, 1.165) is 22.3 Å². The summed E-state index contributed by atoms with van der Waals surface area (Å²) in [6.45, 7) is 0. The van der Waals surface area contributed by atoms with Gasteiger partial charge in [-0.2, -0.15) is 17.9 Å². The van der Waals surface area contributed by atoms with Gasteiger partial charge in [-0.3, -0.25) is 4.99 Å². The SMILES string of the molecule is COc1ccc(C(F)(F)F)cc1N=CCc1nnnn1-c1ccc(Br)cc1. The summed E-state index contributed by atoms with van der Waals surface area (Å²) in [5, 5.41) is 11.5. The fourth-order valence-corrected chi connectivity index (χ4v) is 2.57. The van der Waals surface area contributed by atoms with Crippen LogP contribution < -0.4 is 4.74 Å². The van der Waals surface area contributed by atoms with Gasteiger partial charge < -0.3 is 4.74 Å². The number of nitrogens with zero attached hydrogens (tertiary/aromatic N) is 5. The Bertz CT molecular complexity index is 954. The Kier molecular flexibility index (Phi) is 5.54. The van der Waals surface area contributed by atoms with Crippen molar-refractivity contribution < 1.29 is 17.9 Å². The fraction of sp³-hybridized carbons (Fsp3) is 0.176. The van der Waals surface area contributed by atoms with Crippen LogP contribution in [-0.2, 0) is 12.6 Å². The molecule has 0 aliphatic carbocycles. The molecule has 0 fully saturated rings. The highest BCUT2D eigenvalue weighted by molar-refractivity contribution is 9.10. The number of halogens is 4. The molecule has 0 atom stereocenters. The van der Waals surface area contributed by atoms with E-state index in [2.05, 4.69) is 36.4 Å². The summed E-state index contributed by atoms with van der Waals surface area (Å²) in [5.41, 5.74) is 0.0355. The molecule has 0 aliphatic heterocycles. The van der Waals surface area contributed by atoms with Crippen LogP contribution in [0.15, 0.2) is 51.9 Å². The topological polar surface area (TPSA) is 65.2 Å². The number of hydrogen-bond acceptors (Lipinski definition) is 5. The standard InChI is InChI=1S/C17H13BrF3N5O/c1-27-15-7-2-11(17(19,20)21)10-14(15)22-9-8-16-23-24-25-26(16)13-5-3-12(18)4-6-13/h2-7,9-10H,8H2,1H3. The van der Waals surface area contributed by atoms with Gasteiger partial charge in [-0.25, -0.2) is 0 Å². The quantitative estimate of drug-likeness (QED) is 0.552. The van der Waals surface area contributed by atoms with Crippen molar-refractivity contribution in [1.29, 1.82) is 0 Å². The van der Waals surface area contributed by atoms with Crippen molar-refractivity contribution in [2.24, 2.45) is 4.99 Å². The average molecular weight is 440 g/mol. The highest BCUT2D eigenvalue weighted by Gasteiger charge is 2.31. The Balaban J connectivity index is 1.83. The first kappa shape index (κ1) is 19.0. The van der Waals surface area contributed by atoms with Gasteiger partial charge in [-0.15, -0.1) is 5.10 Å². The molecule has 0 N–H and O–H groups in total. The lowest BCUT2D eigenvalue weighted by Crippen LogP contribution is -2.05. The van der Waals surface area contributed by atoms with Gasteiger partial charge in [0.25, 0.3) is 0 Å². The zero-order valence-corrected chi connectivity index (χ0v) is 15.6. The lowest BCUT2D eigenvalue weighted by Gasteiger charge is -2.10. The maximum atomic E-state index is 12.9. The van der Waals surface area contributed by atoms with E-state index in [1.54, 1.807) is 0 Å². The molecule has 1 heterocycles. The van der Waals surface area contributed by atoms with Crippen LogP contribution in [0.25, 0.3) is 5.69 Å². The Hall–Kier alpha value is -2.75. The first-order valence-electron chi connectivity index (χ1n) is 7.69. The van der Waals surface area contributed by atoms with Crippen LogP contribution >= 0.6 is 15.9 Å². The maximum Gasteiger partial charge on any atom is 0.416 e. The van der Waals surface area contributed by atoms with E-state index < -0.39 is 11.7 Å². The smallest absolute Gasteiger partial charge is 0.416 e. The summed E-state index contributed by atoms with van der Waals surface area (Å²) in [6, 6.07) is 10.5. The molecule has 0 saturated carbocycles. The molecule has 3 aromatic rings. The molecule has 3 rings (SSSR count). The second kappa shape index (κ2) is 7.87. The van der Waals surface area contributed by atoms with Gasteiger partial charge in [0.2, 0.25) is 0 Å². The Morgan fingerprint density at radius 3 is 2.59 bits per heavy atom. The summed E-state index contributed by atoms with van der Waals surface area (Å²) >= 11 is 3.35. The number of alkyl halides is 3. The molecule has 6 nitrogen and oxygen atoms in total. The van der Waals surface area contributed by atoms with E-state index in [4.69, 9.17) is 4.74 Å². The normalized spacial score (nSPS) is 11.9. The zero-order valence-electron chi connectivity index (χ0n) is 14.0. The molecule has 140 valence electrons. The number of tetrazole rings is 1. The predicted molar refractivity (Wildman–Crippen MR) is 96.7 cm³/mol. The van der Waals surface area contributed by atoms with E-state index in [-0.39, 0.29) is 17.9 Å². The van der Waals surface area contributed by atoms with E-state index in [1.807, 2.05) is 24.3 Å². The Labute approximate surface area is 160 Å².